The molecule has 5 atom stereocenters. The molecule has 0 saturated carbocycles. The van der Waals surface area contributed by atoms with Gasteiger partial charge in [-0.05, 0) is 49.9 Å². The molecule has 1 aliphatic rings. The van der Waals surface area contributed by atoms with Gasteiger partial charge in [0.15, 0.2) is 0 Å². The molecule has 0 N–H and O–H groups in total. The molecular formula is C15H19Br3O. The average Bonchev–Trinajstić information content (AvgIpc) is 2.57. The summed E-state index contributed by atoms with van der Waals surface area (Å²) >= 11 is 11.2. The summed E-state index contributed by atoms with van der Waals surface area (Å²) in [5.41, 5.74) is 2.53. The Morgan fingerprint density at radius 1 is 1.05 bits per heavy atom. The first-order valence-electron chi connectivity index (χ1n) is 6.58. The number of hydrogen-bond donors (Lipinski definition) is 0. The fourth-order valence-corrected chi connectivity index (χ4v) is 5.54. The Morgan fingerprint density at radius 3 is 2.21 bits per heavy atom. The number of aryl methyl sites for hydroxylation is 1. The molecule has 0 amide bonds. The second kappa shape index (κ2) is 6.17. The summed E-state index contributed by atoms with van der Waals surface area (Å²) in [6.45, 7) is 8.73. The molecule has 19 heavy (non-hydrogen) atoms. The number of rotatable bonds is 2. The van der Waals surface area contributed by atoms with E-state index < -0.39 is 0 Å². The molecule has 0 aromatic heterocycles. The molecule has 0 radical (unpaired) electrons. The SMILES string of the molecule is Cc1cc(Br)c(C(Br)C2C(C)OC(C)C2C)cc1Br. The lowest BCUT2D eigenvalue weighted by atomic mass is 9.84. The molecule has 0 aliphatic carbocycles. The molecule has 1 aromatic carbocycles. The van der Waals surface area contributed by atoms with Crippen molar-refractivity contribution in [2.75, 3.05) is 0 Å². The maximum Gasteiger partial charge on any atom is 0.0596 e. The fourth-order valence-electron chi connectivity index (χ4n) is 2.88. The van der Waals surface area contributed by atoms with E-state index in [4.69, 9.17) is 4.74 Å². The Balaban J connectivity index is 2.34. The van der Waals surface area contributed by atoms with Crippen molar-refractivity contribution in [1.29, 1.82) is 0 Å². The summed E-state index contributed by atoms with van der Waals surface area (Å²) < 4.78 is 8.28. The fraction of sp³-hybridized carbons (Fsp3) is 0.600. The summed E-state index contributed by atoms with van der Waals surface area (Å²) in [5.74, 6) is 1.03. The normalized spacial score (nSPS) is 32.6. The molecule has 2 rings (SSSR count). The van der Waals surface area contributed by atoms with E-state index in [1.807, 2.05) is 0 Å². The lowest BCUT2D eigenvalue weighted by Gasteiger charge is -2.26. The minimum Gasteiger partial charge on any atom is -0.375 e. The van der Waals surface area contributed by atoms with Gasteiger partial charge >= 0.3 is 0 Å². The van der Waals surface area contributed by atoms with Crippen LogP contribution in [0.5, 0.6) is 0 Å². The highest BCUT2D eigenvalue weighted by molar-refractivity contribution is 9.11. The van der Waals surface area contributed by atoms with Gasteiger partial charge in [0.05, 0.1) is 12.2 Å². The minimum atomic E-state index is 0.279. The van der Waals surface area contributed by atoms with E-state index in [2.05, 4.69) is 87.6 Å². The van der Waals surface area contributed by atoms with Crippen molar-refractivity contribution in [3.05, 3.63) is 32.2 Å². The largest absolute Gasteiger partial charge is 0.375 e. The predicted octanol–water partition coefficient (Wildman–Crippen LogP) is 6.02. The van der Waals surface area contributed by atoms with E-state index in [1.165, 1.54) is 11.1 Å². The van der Waals surface area contributed by atoms with Crippen LogP contribution in [0.4, 0.5) is 0 Å². The van der Waals surface area contributed by atoms with Crippen LogP contribution in [0, 0.1) is 18.8 Å². The van der Waals surface area contributed by atoms with Crippen molar-refractivity contribution in [3.63, 3.8) is 0 Å². The monoisotopic (exact) mass is 452 g/mol. The first kappa shape index (κ1) is 16.0. The Morgan fingerprint density at radius 2 is 1.68 bits per heavy atom. The average molecular weight is 455 g/mol. The number of hydrogen-bond acceptors (Lipinski definition) is 1. The van der Waals surface area contributed by atoms with Gasteiger partial charge in [0.1, 0.15) is 0 Å². The maximum atomic E-state index is 5.97. The van der Waals surface area contributed by atoms with Crippen LogP contribution in [-0.2, 0) is 4.74 Å². The van der Waals surface area contributed by atoms with Gasteiger partial charge in [0.2, 0.25) is 0 Å². The Hall–Kier alpha value is 0.620. The van der Waals surface area contributed by atoms with E-state index in [0.717, 1.165) is 8.95 Å². The van der Waals surface area contributed by atoms with Crippen LogP contribution in [0.2, 0.25) is 0 Å². The number of alkyl halides is 1. The predicted molar refractivity (Wildman–Crippen MR) is 90.9 cm³/mol. The summed E-state index contributed by atoms with van der Waals surface area (Å²) in [5, 5.41) is 0. The van der Waals surface area contributed by atoms with E-state index in [-0.39, 0.29) is 6.10 Å². The van der Waals surface area contributed by atoms with Crippen LogP contribution in [-0.4, -0.2) is 12.2 Å². The Bertz CT molecular complexity index is 475. The topological polar surface area (TPSA) is 9.23 Å². The second-order valence-electron chi connectivity index (χ2n) is 5.51. The first-order chi connectivity index (χ1) is 8.82. The van der Waals surface area contributed by atoms with Gasteiger partial charge in [-0.2, -0.15) is 0 Å². The van der Waals surface area contributed by atoms with Gasteiger partial charge < -0.3 is 4.74 Å². The highest BCUT2D eigenvalue weighted by atomic mass is 79.9. The quantitative estimate of drug-likeness (QED) is 0.497. The van der Waals surface area contributed by atoms with Crippen LogP contribution < -0.4 is 0 Å². The Kier molecular flexibility index (Phi) is 5.19. The van der Waals surface area contributed by atoms with Crippen molar-refractivity contribution >= 4 is 47.8 Å². The van der Waals surface area contributed by atoms with E-state index >= 15 is 0 Å². The van der Waals surface area contributed by atoms with Crippen molar-refractivity contribution in [1.82, 2.24) is 0 Å². The summed E-state index contributed by atoms with van der Waals surface area (Å²) in [7, 11) is 0. The summed E-state index contributed by atoms with van der Waals surface area (Å²) in [6.07, 6.45) is 0.606. The third-order valence-corrected chi connectivity index (χ3v) is 6.88. The molecule has 1 nitrogen and oxygen atoms in total. The van der Waals surface area contributed by atoms with Gasteiger partial charge in [-0.15, -0.1) is 0 Å². The molecular weight excluding hydrogens is 436 g/mol. The smallest absolute Gasteiger partial charge is 0.0596 e. The zero-order chi connectivity index (χ0) is 14.3. The lowest BCUT2D eigenvalue weighted by molar-refractivity contribution is 0.0511. The molecule has 1 aliphatic heterocycles. The number of halogens is 3. The summed E-state index contributed by atoms with van der Waals surface area (Å²) in [4.78, 5) is 0.300. The van der Waals surface area contributed by atoms with Crippen LogP contribution in [0.1, 0.15) is 36.7 Å². The molecule has 5 unspecified atom stereocenters. The zero-order valence-corrected chi connectivity index (χ0v) is 16.3. The number of ether oxygens (including phenoxy) is 1. The highest BCUT2D eigenvalue weighted by Crippen LogP contribution is 2.47. The zero-order valence-electron chi connectivity index (χ0n) is 11.6. The minimum absolute atomic E-state index is 0.279. The maximum absolute atomic E-state index is 5.97. The molecule has 1 saturated heterocycles. The van der Waals surface area contributed by atoms with Gasteiger partial charge in [0.25, 0.3) is 0 Å². The van der Waals surface area contributed by atoms with E-state index in [0.29, 0.717) is 22.8 Å². The van der Waals surface area contributed by atoms with E-state index in [1.54, 1.807) is 0 Å². The van der Waals surface area contributed by atoms with Crippen LogP contribution >= 0.6 is 47.8 Å². The van der Waals surface area contributed by atoms with Gasteiger partial charge in [-0.25, -0.2) is 0 Å². The lowest BCUT2D eigenvalue weighted by Crippen LogP contribution is -2.22. The number of benzene rings is 1. The van der Waals surface area contributed by atoms with Crippen LogP contribution in [0.3, 0.4) is 0 Å². The van der Waals surface area contributed by atoms with Crippen molar-refractivity contribution in [2.45, 2.75) is 44.7 Å². The molecule has 106 valence electrons. The second-order valence-corrected chi connectivity index (χ2v) is 8.20. The first-order valence-corrected chi connectivity index (χ1v) is 9.08. The van der Waals surface area contributed by atoms with Gasteiger partial charge in [-0.1, -0.05) is 54.7 Å². The van der Waals surface area contributed by atoms with Gasteiger partial charge in [0, 0.05) is 19.7 Å². The summed E-state index contributed by atoms with van der Waals surface area (Å²) in [6, 6.07) is 4.38. The molecule has 1 fully saturated rings. The molecule has 1 aromatic rings. The third-order valence-electron chi connectivity index (χ3n) is 4.23. The molecule has 0 spiro atoms. The highest BCUT2D eigenvalue weighted by Gasteiger charge is 2.41. The van der Waals surface area contributed by atoms with Gasteiger partial charge in [-0.3, -0.25) is 0 Å². The molecule has 0 bridgehead atoms. The molecule has 4 heteroatoms. The third kappa shape index (κ3) is 3.12. The van der Waals surface area contributed by atoms with Crippen molar-refractivity contribution in [3.8, 4) is 0 Å². The van der Waals surface area contributed by atoms with Crippen LogP contribution in [0.25, 0.3) is 0 Å². The van der Waals surface area contributed by atoms with Crippen molar-refractivity contribution in [2.24, 2.45) is 11.8 Å². The Labute approximate surface area is 140 Å². The van der Waals surface area contributed by atoms with Crippen LogP contribution in [0.15, 0.2) is 21.1 Å². The van der Waals surface area contributed by atoms with E-state index in [9.17, 15) is 0 Å². The van der Waals surface area contributed by atoms with Crippen molar-refractivity contribution < 1.29 is 4.74 Å². The molecule has 1 heterocycles. The standard InChI is InChI=1S/C15H19Br3O/c1-7-5-13(17)11(6-12(7)16)15(18)14-8(2)9(3)19-10(14)4/h5-6,8-10,14-15H,1-4H3.